The number of pyridine rings is 1. The van der Waals surface area contributed by atoms with Gasteiger partial charge in [0, 0.05) is 29.3 Å². The van der Waals surface area contributed by atoms with Gasteiger partial charge in [-0.25, -0.2) is 0 Å². The van der Waals surface area contributed by atoms with Crippen LogP contribution in [0.25, 0.3) is 10.9 Å². The Balaban J connectivity index is 1.94. The van der Waals surface area contributed by atoms with Crippen LogP contribution in [0.5, 0.6) is 0 Å². The van der Waals surface area contributed by atoms with Crippen LogP contribution in [0.3, 0.4) is 0 Å². The Bertz CT molecular complexity index is 1030. The summed E-state index contributed by atoms with van der Waals surface area (Å²) in [6.07, 6.45) is 1.45. The molecule has 5 heteroatoms. The van der Waals surface area contributed by atoms with Gasteiger partial charge >= 0.3 is 0 Å². The molecule has 1 heterocycles. The van der Waals surface area contributed by atoms with Crippen LogP contribution in [0.1, 0.15) is 42.3 Å². The number of rotatable bonds is 3. The van der Waals surface area contributed by atoms with Gasteiger partial charge in [-0.1, -0.05) is 39.0 Å². The largest absolute Gasteiger partial charge is 0.360 e. The van der Waals surface area contributed by atoms with E-state index in [9.17, 15) is 9.59 Å². The summed E-state index contributed by atoms with van der Waals surface area (Å²) in [6, 6.07) is 12.8. The Hall–Kier alpha value is -2.92. The van der Waals surface area contributed by atoms with E-state index in [1.54, 1.807) is 18.2 Å². The summed E-state index contributed by atoms with van der Waals surface area (Å²) in [7, 11) is 0. The van der Waals surface area contributed by atoms with Crippen molar-refractivity contribution >= 4 is 22.5 Å². The zero-order chi connectivity index (χ0) is 18.9. The van der Waals surface area contributed by atoms with Crippen molar-refractivity contribution in [1.82, 2.24) is 4.98 Å². The molecule has 0 saturated carbocycles. The van der Waals surface area contributed by atoms with Crippen LogP contribution in [0.4, 0.5) is 5.69 Å². The second-order valence-corrected chi connectivity index (χ2v) is 7.36. The molecule has 0 fully saturated rings. The third kappa shape index (κ3) is 3.39. The van der Waals surface area contributed by atoms with E-state index in [-0.39, 0.29) is 16.4 Å². The topological polar surface area (TPSA) is 88.0 Å². The van der Waals surface area contributed by atoms with E-state index in [2.05, 4.69) is 31.1 Å². The van der Waals surface area contributed by atoms with Gasteiger partial charge in [0.15, 0.2) is 0 Å². The third-order valence-electron chi connectivity index (χ3n) is 4.42. The van der Waals surface area contributed by atoms with Crippen molar-refractivity contribution in [3.05, 3.63) is 75.6 Å². The number of carbonyl (C=O) groups is 1. The summed E-state index contributed by atoms with van der Waals surface area (Å²) in [5, 5.41) is 3.29. The fourth-order valence-corrected chi connectivity index (χ4v) is 3.11. The van der Waals surface area contributed by atoms with E-state index in [0.29, 0.717) is 23.1 Å². The number of nitrogens with one attached hydrogen (secondary N) is 2. The summed E-state index contributed by atoms with van der Waals surface area (Å²) >= 11 is 0. The van der Waals surface area contributed by atoms with Gasteiger partial charge < -0.3 is 16.0 Å². The van der Waals surface area contributed by atoms with E-state index in [1.165, 1.54) is 6.20 Å². The molecular weight excluding hydrogens is 326 g/mol. The summed E-state index contributed by atoms with van der Waals surface area (Å²) in [5.41, 5.74) is 9.07. The van der Waals surface area contributed by atoms with Crippen LogP contribution < -0.4 is 16.5 Å². The highest BCUT2D eigenvalue weighted by molar-refractivity contribution is 6.05. The molecule has 0 unspecified atom stereocenters. The number of fused-ring (bicyclic) bond motifs is 1. The van der Waals surface area contributed by atoms with Crippen LogP contribution in [0, 0.1) is 0 Å². The minimum Gasteiger partial charge on any atom is -0.360 e. The van der Waals surface area contributed by atoms with Crippen molar-refractivity contribution in [1.29, 1.82) is 0 Å². The molecule has 1 amide bonds. The summed E-state index contributed by atoms with van der Waals surface area (Å²) in [5.74, 6) is -0.441. The van der Waals surface area contributed by atoms with Gasteiger partial charge in [0.2, 0.25) is 5.43 Å². The maximum atomic E-state index is 12.6. The molecule has 134 valence electrons. The van der Waals surface area contributed by atoms with Gasteiger partial charge in [0.05, 0.1) is 0 Å². The molecule has 3 rings (SSSR count). The quantitative estimate of drug-likeness (QED) is 0.676. The average molecular weight is 349 g/mol. The Kier molecular flexibility index (Phi) is 4.66. The second-order valence-electron chi connectivity index (χ2n) is 7.36. The molecule has 3 aromatic rings. The number of aromatic amines is 1. The lowest BCUT2D eigenvalue weighted by atomic mass is 9.83. The molecule has 0 aliphatic heterocycles. The molecule has 0 aliphatic carbocycles. The fourth-order valence-electron chi connectivity index (χ4n) is 3.11. The van der Waals surface area contributed by atoms with Crippen LogP contribution >= 0.6 is 0 Å². The highest BCUT2D eigenvalue weighted by Crippen LogP contribution is 2.28. The molecule has 0 spiro atoms. The van der Waals surface area contributed by atoms with Crippen molar-refractivity contribution in [3.63, 3.8) is 0 Å². The van der Waals surface area contributed by atoms with Gasteiger partial charge in [-0.15, -0.1) is 0 Å². The fraction of sp³-hybridized carbons (Fsp3) is 0.238. The first-order valence-electron chi connectivity index (χ1n) is 8.56. The maximum absolute atomic E-state index is 12.6. The van der Waals surface area contributed by atoms with Crippen molar-refractivity contribution in [2.45, 2.75) is 32.7 Å². The van der Waals surface area contributed by atoms with E-state index in [4.69, 9.17) is 5.73 Å². The first-order chi connectivity index (χ1) is 12.3. The van der Waals surface area contributed by atoms with Gasteiger partial charge in [-0.05, 0) is 40.8 Å². The highest BCUT2D eigenvalue weighted by Gasteiger charge is 2.18. The lowest BCUT2D eigenvalue weighted by Crippen LogP contribution is -2.22. The highest BCUT2D eigenvalue weighted by atomic mass is 16.2. The number of nitrogens with two attached hydrogens (primary N) is 1. The van der Waals surface area contributed by atoms with Crippen LogP contribution in [0.15, 0.2) is 53.5 Å². The molecule has 1 aromatic heterocycles. The standard InChI is InChI=1S/C21H23N3O2/c1-21(2,3)17-9-8-14(10-13(17)11-22)24-20(26)16-12-23-18-7-5-4-6-15(18)19(16)25/h4-10,12H,11,22H2,1-3H3,(H,23,25)(H,24,26). The summed E-state index contributed by atoms with van der Waals surface area (Å²) in [4.78, 5) is 28.2. The minimum absolute atomic E-state index is 0.0350. The molecule has 0 aliphatic rings. The van der Waals surface area contributed by atoms with Crippen molar-refractivity contribution in [2.75, 3.05) is 5.32 Å². The Morgan fingerprint density at radius 1 is 1.15 bits per heavy atom. The van der Waals surface area contributed by atoms with Gasteiger partial charge in [0.25, 0.3) is 5.91 Å². The Morgan fingerprint density at radius 3 is 2.58 bits per heavy atom. The van der Waals surface area contributed by atoms with Crippen molar-refractivity contribution in [3.8, 4) is 0 Å². The number of hydrogen-bond acceptors (Lipinski definition) is 3. The van der Waals surface area contributed by atoms with Crippen molar-refractivity contribution < 1.29 is 4.79 Å². The molecule has 0 atom stereocenters. The molecule has 26 heavy (non-hydrogen) atoms. The third-order valence-corrected chi connectivity index (χ3v) is 4.42. The number of H-pyrrole nitrogens is 1. The Morgan fingerprint density at radius 2 is 1.88 bits per heavy atom. The van der Waals surface area contributed by atoms with E-state index >= 15 is 0 Å². The number of carbonyl (C=O) groups excluding carboxylic acids is 1. The second kappa shape index (κ2) is 6.77. The minimum atomic E-state index is -0.441. The maximum Gasteiger partial charge on any atom is 0.261 e. The molecular formula is C21H23N3O2. The molecule has 0 saturated heterocycles. The number of aromatic nitrogens is 1. The van der Waals surface area contributed by atoms with Gasteiger partial charge in [-0.2, -0.15) is 0 Å². The molecule has 5 nitrogen and oxygen atoms in total. The van der Waals surface area contributed by atoms with Gasteiger partial charge in [0.1, 0.15) is 5.56 Å². The summed E-state index contributed by atoms with van der Waals surface area (Å²) < 4.78 is 0. The SMILES string of the molecule is CC(C)(C)c1ccc(NC(=O)c2c[nH]c3ccccc3c2=O)cc1CN. The number of anilines is 1. The van der Waals surface area contributed by atoms with Crippen molar-refractivity contribution in [2.24, 2.45) is 5.73 Å². The van der Waals surface area contributed by atoms with Crippen LogP contribution in [0.2, 0.25) is 0 Å². The zero-order valence-electron chi connectivity index (χ0n) is 15.2. The van der Waals surface area contributed by atoms with E-state index < -0.39 is 5.91 Å². The predicted molar refractivity (Wildman–Crippen MR) is 106 cm³/mol. The predicted octanol–water partition coefficient (Wildman–Crippen LogP) is 3.54. The van der Waals surface area contributed by atoms with Crippen LogP contribution in [-0.2, 0) is 12.0 Å². The molecule has 4 N–H and O–H groups in total. The van der Waals surface area contributed by atoms with E-state index in [0.717, 1.165) is 11.1 Å². The number of amides is 1. The first kappa shape index (κ1) is 17.9. The zero-order valence-corrected chi connectivity index (χ0v) is 15.2. The lowest BCUT2D eigenvalue weighted by Gasteiger charge is -2.23. The normalized spacial score (nSPS) is 11.5. The van der Waals surface area contributed by atoms with Gasteiger partial charge in [-0.3, -0.25) is 9.59 Å². The Labute approximate surface area is 152 Å². The van der Waals surface area contributed by atoms with Crippen LogP contribution in [-0.4, -0.2) is 10.9 Å². The molecule has 0 radical (unpaired) electrons. The monoisotopic (exact) mass is 349 g/mol. The molecule has 2 aromatic carbocycles. The average Bonchev–Trinajstić information content (AvgIpc) is 2.61. The number of hydrogen-bond donors (Lipinski definition) is 3. The first-order valence-corrected chi connectivity index (χ1v) is 8.56. The molecule has 0 bridgehead atoms. The summed E-state index contributed by atoms with van der Waals surface area (Å²) in [6.45, 7) is 6.74. The number of para-hydroxylation sites is 1. The smallest absolute Gasteiger partial charge is 0.261 e. The van der Waals surface area contributed by atoms with E-state index in [1.807, 2.05) is 24.3 Å². The number of benzene rings is 2. The lowest BCUT2D eigenvalue weighted by molar-refractivity contribution is 0.102.